The molecule has 0 aliphatic rings. The second kappa shape index (κ2) is 5.35. The molecule has 0 aromatic rings. The summed E-state index contributed by atoms with van der Waals surface area (Å²) in [6.07, 6.45) is 0.763. The number of aliphatic hydroxyl groups excluding tert-OH is 1. The minimum atomic E-state index is -0.104. The van der Waals surface area contributed by atoms with Gasteiger partial charge in [-0.1, -0.05) is 34.6 Å². The molecule has 1 amide bonds. The van der Waals surface area contributed by atoms with Gasteiger partial charge in [-0.2, -0.15) is 0 Å². The molecule has 0 bridgehead atoms. The molecule has 0 rings (SSSR count). The lowest BCUT2D eigenvalue weighted by atomic mass is 9.81. The highest BCUT2D eigenvalue weighted by Crippen LogP contribution is 2.25. The van der Waals surface area contributed by atoms with Crippen LogP contribution in [-0.4, -0.2) is 23.7 Å². The van der Waals surface area contributed by atoms with Crippen LogP contribution in [0, 0.1) is 11.3 Å². The van der Waals surface area contributed by atoms with Crippen molar-refractivity contribution in [2.24, 2.45) is 11.3 Å². The van der Waals surface area contributed by atoms with Crippen LogP contribution in [0.25, 0.3) is 0 Å². The Morgan fingerprint density at radius 2 is 1.93 bits per heavy atom. The molecular weight excluding hydrogens is 178 g/mol. The molecule has 3 heteroatoms. The van der Waals surface area contributed by atoms with Crippen LogP contribution in [0.1, 0.15) is 41.0 Å². The largest absolute Gasteiger partial charge is 0.394 e. The predicted molar refractivity (Wildman–Crippen MR) is 57.9 cm³/mol. The second-order valence-corrected chi connectivity index (χ2v) is 4.88. The fourth-order valence-corrected chi connectivity index (χ4v) is 0.996. The third kappa shape index (κ3) is 4.09. The van der Waals surface area contributed by atoms with Gasteiger partial charge in [-0.3, -0.25) is 4.79 Å². The highest BCUT2D eigenvalue weighted by Gasteiger charge is 2.27. The van der Waals surface area contributed by atoms with Gasteiger partial charge in [-0.25, -0.2) is 0 Å². The lowest BCUT2D eigenvalue weighted by molar-refractivity contribution is -0.128. The molecule has 0 aromatic heterocycles. The van der Waals surface area contributed by atoms with Crippen molar-refractivity contribution in [3.8, 4) is 0 Å². The Morgan fingerprint density at radius 3 is 2.21 bits per heavy atom. The number of aliphatic hydroxyl groups is 1. The van der Waals surface area contributed by atoms with Crippen molar-refractivity contribution in [1.29, 1.82) is 0 Å². The van der Waals surface area contributed by atoms with Gasteiger partial charge < -0.3 is 10.4 Å². The first-order valence-corrected chi connectivity index (χ1v) is 5.24. The van der Waals surface area contributed by atoms with Crippen LogP contribution in [0.2, 0.25) is 0 Å². The summed E-state index contributed by atoms with van der Waals surface area (Å²) < 4.78 is 0. The average molecular weight is 201 g/mol. The van der Waals surface area contributed by atoms with Gasteiger partial charge in [0.05, 0.1) is 12.6 Å². The van der Waals surface area contributed by atoms with Gasteiger partial charge in [-0.05, 0) is 11.8 Å². The average Bonchev–Trinajstić information content (AvgIpc) is 2.11. The van der Waals surface area contributed by atoms with E-state index in [1.54, 1.807) is 0 Å². The van der Waals surface area contributed by atoms with Gasteiger partial charge in [0, 0.05) is 5.92 Å². The third-order valence-corrected chi connectivity index (χ3v) is 2.75. The zero-order valence-corrected chi connectivity index (χ0v) is 9.92. The molecule has 3 nitrogen and oxygen atoms in total. The molecule has 0 aliphatic carbocycles. The van der Waals surface area contributed by atoms with E-state index in [4.69, 9.17) is 5.11 Å². The molecule has 0 unspecified atom stereocenters. The van der Waals surface area contributed by atoms with E-state index >= 15 is 0 Å². The number of nitrogens with one attached hydrogen (secondary N) is 1. The molecule has 14 heavy (non-hydrogen) atoms. The van der Waals surface area contributed by atoms with Crippen molar-refractivity contribution >= 4 is 5.91 Å². The van der Waals surface area contributed by atoms with Crippen LogP contribution >= 0.6 is 0 Å². The van der Waals surface area contributed by atoms with Crippen molar-refractivity contribution in [2.75, 3.05) is 6.61 Å². The Balaban J connectivity index is 4.21. The van der Waals surface area contributed by atoms with E-state index in [9.17, 15) is 4.79 Å². The number of hydrogen-bond acceptors (Lipinski definition) is 2. The van der Waals surface area contributed by atoms with E-state index in [0.29, 0.717) is 0 Å². The molecule has 0 spiro atoms. The van der Waals surface area contributed by atoms with E-state index in [1.165, 1.54) is 0 Å². The summed E-state index contributed by atoms with van der Waals surface area (Å²) >= 11 is 0. The number of carbonyl (C=O) groups excluding carboxylic acids is 1. The molecule has 0 heterocycles. The van der Waals surface area contributed by atoms with E-state index in [2.05, 4.69) is 5.32 Å². The maximum atomic E-state index is 11.7. The van der Waals surface area contributed by atoms with Gasteiger partial charge in [-0.15, -0.1) is 0 Å². The van der Waals surface area contributed by atoms with Crippen LogP contribution < -0.4 is 5.32 Å². The fourth-order valence-electron chi connectivity index (χ4n) is 0.996. The van der Waals surface area contributed by atoms with Gasteiger partial charge in [0.1, 0.15) is 0 Å². The summed E-state index contributed by atoms with van der Waals surface area (Å²) in [6, 6.07) is -0.104. The Hall–Kier alpha value is -0.570. The van der Waals surface area contributed by atoms with Crippen LogP contribution in [0.5, 0.6) is 0 Å². The fraction of sp³-hybridized carbons (Fsp3) is 0.909. The van der Waals surface area contributed by atoms with Crippen LogP contribution in [0.3, 0.4) is 0 Å². The number of hydrogen-bond donors (Lipinski definition) is 2. The minimum Gasteiger partial charge on any atom is -0.394 e. The van der Waals surface area contributed by atoms with E-state index in [-0.39, 0.29) is 29.9 Å². The van der Waals surface area contributed by atoms with Crippen molar-refractivity contribution < 1.29 is 9.90 Å². The standard InChI is InChI=1S/C11H23NO2/c1-6-9(7-13)12-10(14)8(2)11(3,4)5/h8-9,13H,6-7H2,1-5H3,(H,12,14)/t8-,9-/m1/s1. The number of rotatable bonds is 4. The SMILES string of the molecule is CC[C@H](CO)NC(=O)[C@@H](C)C(C)(C)C. The Kier molecular flexibility index (Phi) is 5.13. The Labute approximate surface area is 86.9 Å². The minimum absolute atomic E-state index is 0.0130. The number of carbonyl (C=O) groups is 1. The van der Waals surface area contributed by atoms with Gasteiger partial charge in [0.25, 0.3) is 0 Å². The van der Waals surface area contributed by atoms with E-state index in [0.717, 1.165) is 6.42 Å². The lowest BCUT2D eigenvalue weighted by Gasteiger charge is -2.27. The first-order valence-electron chi connectivity index (χ1n) is 5.24. The quantitative estimate of drug-likeness (QED) is 0.725. The summed E-state index contributed by atoms with van der Waals surface area (Å²) in [5, 5.41) is 11.8. The summed E-state index contributed by atoms with van der Waals surface area (Å²) in [5.74, 6) is -0.0125. The normalized spacial score (nSPS) is 16.1. The first kappa shape index (κ1) is 13.4. The molecule has 0 fully saturated rings. The zero-order chi connectivity index (χ0) is 11.4. The maximum absolute atomic E-state index is 11.7. The lowest BCUT2D eigenvalue weighted by Crippen LogP contribution is -2.43. The van der Waals surface area contributed by atoms with Crippen LogP contribution in [-0.2, 0) is 4.79 Å². The van der Waals surface area contributed by atoms with Crippen molar-refractivity contribution in [3.05, 3.63) is 0 Å². The molecule has 2 N–H and O–H groups in total. The van der Waals surface area contributed by atoms with E-state index < -0.39 is 0 Å². The highest BCUT2D eigenvalue weighted by molar-refractivity contribution is 5.79. The summed E-state index contributed by atoms with van der Waals surface area (Å²) in [5.41, 5.74) is -0.0299. The molecule has 0 aliphatic heterocycles. The maximum Gasteiger partial charge on any atom is 0.223 e. The smallest absolute Gasteiger partial charge is 0.223 e. The van der Waals surface area contributed by atoms with Gasteiger partial charge in [0.15, 0.2) is 0 Å². The topological polar surface area (TPSA) is 49.3 Å². The molecular formula is C11H23NO2. The third-order valence-electron chi connectivity index (χ3n) is 2.75. The number of amides is 1. The first-order chi connectivity index (χ1) is 6.32. The predicted octanol–water partition coefficient (Wildman–Crippen LogP) is 1.56. The second-order valence-electron chi connectivity index (χ2n) is 4.88. The summed E-state index contributed by atoms with van der Waals surface area (Å²) in [7, 11) is 0. The molecule has 0 saturated carbocycles. The van der Waals surface area contributed by atoms with Crippen molar-refractivity contribution in [2.45, 2.75) is 47.1 Å². The van der Waals surface area contributed by atoms with Crippen LogP contribution in [0.15, 0.2) is 0 Å². The highest BCUT2D eigenvalue weighted by atomic mass is 16.3. The van der Waals surface area contributed by atoms with Gasteiger partial charge >= 0.3 is 0 Å². The molecule has 0 aromatic carbocycles. The molecule has 0 saturated heterocycles. The molecule has 0 radical (unpaired) electrons. The monoisotopic (exact) mass is 201 g/mol. The Bertz CT molecular complexity index is 180. The van der Waals surface area contributed by atoms with Crippen molar-refractivity contribution in [3.63, 3.8) is 0 Å². The molecule has 2 atom stereocenters. The van der Waals surface area contributed by atoms with E-state index in [1.807, 2.05) is 34.6 Å². The Morgan fingerprint density at radius 1 is 1.43 bits per heavy atom. The summed E-state index contributed by atoms with van der Waals surface area (Å²) in [6.45, 7) is 9.99. The molecule has 84 valence electrons. The van der Waals surface area contributed by atoms with Crippen LogP contribution in [0.4, 0.5) is 0 Å². The summed E-state index contributed by atoms with van der Waals surface area (Å²) in [4.78, 5) is 11.7. The zero-order valence-electron chi connectivity index (χ0n) is 9.92. The van der Waals surface area contributed by atoms with Gasteiger partial charge in [0.2, 0.25) is 5.91 Å². The van der Waals surface area contributed by atoms with Crippen molar-refractivity contribution in [1.82, 2.24) is 5.32 Å².